The minimum absolute atomic E-state index is 0.0731. The zero-order valence-electron chi connectivity index (χ0n) is 11.6. The first-order valence-corrected chi connectivity index (χ1v) is 6.84. The summed E-state index contributed by atoms with van der Waals surface area (Å²) in [5.41, 5.74) is 3.64. The highest BCUT2D eigenvalue weighted by Crippen LogP contribution is 2.18. The Morgan fingerprint density at radius 1 is 0.800 bits per heavy atom. The van der Waals surface area contributed by atoms with E-state index in [-0.39, 0.29) is 5.56 Å². The molecule has 0 unspecified atom stereocenters. The van der Waals surface area contributed by atoms with Gasteiger partial charge in [0.05, 0.1) is 0 Å². The average molecular weight is 275 g/mol. The van der Waals surface area contributed by atoms with Crippen molar-refractivity contribution < 1.29 is 8.78 Å². The Balaban J connectivity index is 1.82. The van der Waals surface area contributed by atoms with Crippen molar-refractivity contribution in [2.45, 2.75) is 32.9 Å². The third-order valence-electron chi connectivity index (χ3n) is 3.32. The summed E-state index contributed by atoms with van der Waals surface area (Å²) < 4.78 is 24.8. The summed E-state index contributed by atoms with van der Waals surface area (Å²) in [6, 6.07) is 15.0. The third kappa shape index (κ3) is 4.14. The number of hydrogen-bond donors (Lipinski definition) is 1. The Bertz CT molecular complexity index is 518. The molecule has 1 N–H and O–H groups in total. The minimum atomic E-state index is -2.39. The maximum atomic E-state index is 12.4. The van der Waals surface area contributed by atoms with E-state index in [1.165, 1.54) is 23.3 Å². The van der Waals surface area contributed by atoms with Crippen LogP contribution in [0.2, 0.25) is 0 Å². The molecule has 0 atom stereocenters. The Kier molecular flexibility index (Phi) is 5.24. The van der Waals surface area contributed by atoms with Gasteiger partial charge in [-0.15, -0.1) is 0 Å². The van der Waals surface area contributed by atoms with E-state index in [0.717, 1.165) is 18.5 Å². The lowest BCUT2D eigenvalue weighted by molar-refractivity contribution is 0.151. The van der Waals surface area contributed by atoms with Crippen molar-refractivity contribution in [3.05, 3.63) is 70.8 Å². The van der Waals surface area contributed by atoms with E-state index < -0.39 is 6.43 Å². The summed E-state index contributed by atoms with van der Waals surface area (Å²) >= 11 is 0. The number of hydrogen-bond acceptors (Lipinski definition) is 1. The fourth-order valence-corrected chi connectivity index (χ4v) is 2.02. The van der Waals surface area contributed by atoms with Crippen molar-refractivity contribution in [2.75, 3.05) is 0 Å². The molecule has 0 spiro atoms. The molecule has 0 amide bonds. The van der Waals surface area contributed by atoms with Crippen LogP contribution in [0.15, 0.2) is 48.5 Å². The molecule has 2 aromatic carbocycles. The van der Waals surface area contributed by atoms with Gasteiger partial charge in [-0.3, -0.25) is 0 Å². The molecule has 0 aliphatic heterocycles. The largest absolute Gasteiger partial charge is 0.309 e. The first-order chi connectivity index (χ1) is 9.69. The standard InChI is InChI=1S/C17H19F2N/c1-2-13-3-5-14(6-4-13)11-20-12-15-7-9-16(10-8-15)17(18)19/h3-10,17,20H,2,11-12H2,1H3. The molecule has 2 rings (SSSR count). The number of alkyl halides is 2. The number of rotatable bonds is 6. The summed E-state index contributed by atoms with van der Waals surface area (Å²) in [6.07, 6.45) is -1.35. The van der Waals surface area contributed by atoms with Gasteiger partial charge in [0.25, 0.3) is 6.43 Å². The predicted octanol–water partition coefficient (Wildman–Crippen LogP) is 4.48. The summed E-state index contributed by atoms with van der Waals surface area (Å²) in [5.74, 6) is 0. The number of halogens is 2. The average Bonchev–Trinajstić information content (AvgIpc) is 2.48. The molecule has 1 nitrogen and oxygen atoms in total. The van der Waals surface area contributed by atoms with Crippen LogP contribution in [0.5, 0.6) is 0 Å². The van der Waals surface area contributed by atoms with Gasteiger partial charge in [-0.1, -0.05) is 55.5 Å². The van der Waals surface area contributed by atoms with Crippen molar-refractivity contribution in [1.29, 1.82) is 0 Å². The fourth-order valence-electron chi connectivity index (χ4n) is 2.02. The predicted molar refractivity (Wildman–Crippen MR) is 77.8 cm³/mol. The molecule has 0 aliphatic carbocycles. The second-order valence-electron chi connectivity index (χ2n) is 4.82. The van der Waals surface area contributed by atoms with Gasteiger partial charge in [-0.25, -0.2) is 8.78 Å². The van der Waals surface area contributed by atoms with E-state index in [2.05, 4.69) is 36.5 Å². The van der Waals surface area contributed by atoms with E-state index in [1.54, 1.807) is 12.1 Å². The summed E-state index contributed by atoms with van der Waals surface area (Å²) in [7, 11) is 0. The Labute approximate surface area is 118 Å². The molecule has 20 heavy (non-hydrogen) atoms. The lowest BCUT2D eigenvalue weighted by Gasteiger charge is -2.07. The SMILES string of the molecule is CCc1ccc(CNCc2ccc(C(F)F)cc2)cc1. The van der Waals surface area contributed by atoms with Gasteiger partial charge in [0.1, 0.15) is 0 Å². The van der Waals surface area contributed by atoms with Crippen molar-refractivity contribution in [3.8, 4) is 0 Å². The zero-order valence-corrected chi connectivity index (χ0v) is 11.6. The molecule has 2 aromatic rings. The van der Waals surface area contributed by atoms with Crippen LogP contribution in [0.25, 0.3) is 0 Å². The molecule has 3 heteroatoms. The van der Waals surface area contributed by atoms with Crippen molar-refractivity contribution in [3.63, 3.8) is 0 Å². The highest BCUT2D eigenvalue weighted by Gasteiger charge is 2.05. The summed E-state index contributed by atoms with van der Waals surface area (Å²) in [6.45, 7) is 3.59. The topological polar surface area (TPSA) is 12.0 Å². The van der Waals surface area contributed by atoms with Gasteiger partial charge in [-0.05, 0) is 23.1 Å². The summed E-state index contributed by atoms with van der Waals surface area (Å²) in [5, 5.41) is 3.32. The van der Waals surface area contributed by atoms with Gasteiger partial charge >= 0.3 is 0 Å². The van der Waals surface area contributed by atoms with Gasteiger partial charge in [0.15, 0.2) is 0 Å². The van der Waals surface area contributed by atoms with Gasteiger partial charge in [0, 0.05) is 18.7 Å². The molecular weight excluding hydrogens is 256 g/mol. The van der Waals surface area contributed by atoms with Gasteiger partial charge in [0.2, 0.25) is 0 Å². The second kappa shape index (κ2) is 7.15. The molecule has 0 fully saturated rings. The first kappa shape index (κ1) is 14.7. The maximum absolute atomic E-state index is 12.4. The minimum Gasteiger partial charge on any atom is -0.309 e. The van der Waals surface area contributed by atoms with Crippen molar-refractivity contribution in [1.82, 2.24) is 5.32 Å². The molecule has 0 saturated carbocycles. The molecular formula is C17H19F2N. The fraction of sp³-hybridized carbons (Fsp3) is 0.294. The smallest absolute Gasteiger partial charge is 0.263 e. The Morgan fingerprint density at radius 3 is 1.70 bits per heavy atom. The van der Waals surface area contributed by atoms with Crippen LogP contribution in [0, 0.1) is 0 Å². The van der Waals surface area contributed by atoms with Crippen LogP contribution in [-0.4, -0.2) is 0 Å². The molecule has 0 heterocycles. The molecule has 0 radical (unpaired) electrons. The quantitative estimate of drug-likeness (QED) is 0.819. The van der Waals surface area contributed by atoms with E-state index in [4.69, 9.17) is 0 Å². The Hall–Kier alpha value is -1.74. The molecule has 0 saturated heterocycles. The van der Waals surface area contributed by atoms with Crippen LogP contribution in [0.4, 0.5) is 8.78 Å². The lowest BCUT2D eigenvalue weighted by Crippen LogP contribution is -2.12. The van der Waals surface area contributed by atoms with Crippen molar-refractivity contribution >= 4 is 0 Å². The number of nitrogens with one attached hydrogen (secondary N) is 1. The van der Waals surface area contributed by atoms with E-state index in [1.807, 2.05) is 0 Å². The first-order valence-electron chi connectivity index (χ1n) is 6.84. The van der Waals surface area contributed by atoms with Crippen LogP contribution in [-0.2, 0) is 19.5 Å². The normalized spacial score (nSPS) is 11.0. The highest BCUT2D eigenvalue weighted by atomic mass is 19.3. The highest BCUT2D eigenvalue weighted by molar-refractivity contribution is 5.24. The molecule has 0 bridgehead atoms. The molecule has 106 valence electrons. The van der Waals surface area contributed by atoms with E-state index in [9.17, 15) is 8.78 Å². The van der Waals surface area contributed by atoms with Crippen LogP contribution in [0.1, 0.15) is 35.6 Å². The Morgan fingerprint density at radius 2 is 1.25 bits per heavy atom. The molecule has 0 aromatic heterocycles. The van der Waals surface area contributed by atoms with Gasteiger partial charge < -0.3 is 5.32 Å². The second-order valence-corrected chi connectivity index (χ2v) is 4.82. The molecule has 0 aliphatic rings. The number of benzene rings is 2. The van der Waals surface area contributed by atoms with Crippen LogP contribution < -0.4 is 5.32 Å². The lowest BCUT2D eigenvalue weighted by atomic mass is 10.1. The van der Waals surface area contributed by atoms with E-state index in [0.29, 0.717) is 6.54 Å². The maximum Gasteiger partial charge on any atom is 0.263 e. The zero-order chi connectivity index (χ0) is 14.4. The monoisotopic (exact) mass is 275 g/mol. The van der Waals surface area contributed by atoms with Crippen LogP contribution in [0.3, 0.4) is 0 Å². The number of aryl methyl sites for hydroxylation is 1. The summed E-state index contributed by atoms with van der Waals surface area (Å²) in [4.78, 5) is 0. The third-order valence-corrected chi connectivity index (χ3v) is 3.32. The van der Waals surface area contributed by atoms with E-state index >= 15 is 0 Å². The van der Waals surface area contributed by atoms with Gasteiger partial charge in [-0.2, -0.15) is 0 Å². The van der Waals surface area contributed by atoms with Crippen LogP contribution >= 0.6 is 0 Å². The van der Waals surface area contributed by atoms with Crippen molar-refractivity contribution in [2.24, 2.45) is 0 Å².